The van der Waals surface area contributed by atoms with Crippen molar-refractivity contribution in [1.29, 1.82) is 0 Å². The van der Waals surface area contributed by atoms with Gasteiger partial charge in [0.05, 0.1) is 12.2 Å². The lowest BCUT2D eigenvalue weighted by atomic mass is 10.2. The van der Waals surface area contributed by atoms with Crippen molar-refractivity contribution >= 4 is 50.9 Å². The molecule has 0 unspecified atom stereocenters. The van der Waals surface area contributed by atoms with E-state index in [9.17, 15) is 14.4 Å². The number of carbonyl (C=O) groups is 3. The number of benzene rings is 2. The van der Waals surface area contributed by atoms with Gasteiger partial charge in [0.15, 0.2) is 0 Å². The van der Waals surface area contributed by atoms with Crippen LogP contribution in [0.2, 0.25) is 5.02 Å². The average Bonchev–Trinajstić information content (AvgIpc) is 2.72. The van der Waals surface area contributed by atoms with Gasteiger partial charge in [-0.25, -0.2) is 0 Å². The van der Waals surface area contributed by atoms with Crippen molar-refractivity contribution in [3.8, 4) is 5.75 Å². The Morgan fingerprint density at radius 3 is 2.53 bits per heavy atom. The van der Waals surface area contributed by atoms with E-state index in [1.807, 2.05) is 6.92 Å². The molecular weight excluding hydrogens is 474 g/mol. The molecule has 9 heteroatoms. The monoisotopic (exact) mass is 495 g/mol. The topological polar surface area (TPSA) is 96.5 Å². The Morgan fingerprint density at radius 1 is 1.07 bits per heavy atom. The summed E-state index contributed by atoms with van der Waals surface area (Å²) in [5.41, 5.74) is 6.28. The molecule has 2 aromatic carbocycles. The molecule has 0 spiro atoms. The van der Waals surface area contributed by atoms with Gasteiger partial charge in [-0.2, -0.15) is 0 Å². The van der Waals surface area contributed by atoms with Crippen molar-refractivity contribution < 1.29 is 19.1 Å². The maximum Gasteiger partial charge on any atom is 0.273 e. The molecule has 0 fully saturated rings. The van der Waals surface area contributed by atoms with E-state index in [1.54, 1.807) is 43.3 Å². The summed E-state index contributed by atoms with van der Waals surface area (Å²) in [4.78, 5) is 36.5. The average molecular weight is 497 g/mol. The summed E-state index contributed by atoms with van der Waals surface area (Å²) in [5.74, 6) is -0.922. The minimum Gasteiger partial charge on any atom is -0.493 e. The van der Waals surface area contributed by atoms with Gasteiger partial charge in [0.2, 0.25) is 11.8 Å². The summed E-state index contributed by atoms with van der Waals surface area (Å²) in [6.45, 7) is 4.22. The fraction of sp³-hybridized carbons (Fsp3) is 0.286. The van der Waals surface area contributed by atoms with E-state index in [2.05, 4.69) is 32.1 Å². The zero-order valence-electron chi connectivity index (χ0n) is 16.7. The third-order valence-electron chi connectivity index (χ3n) is 4.08. The molecule has 0 aliphatic carbocycles. The zero-order chi connectivity index (χ0) is 22.1. The third kappa shape index (κ3) is 7.03. The standard InChI is InChI=1S/C21H23BrClN3O4/c1-3-11-30-18-8-7-14(22)12-15(18)21(29)26-25-20(28)10-9-19(27)24-17-6-4-5-16(23)13(17)2/h4-8,12H,3,9-11H2,1-2H3,(H,24,27)(H,25,28)(H,26,29). The van der Waals surface area contributed by atoms with Gasteiger partial charge < -0.3 is 10.1 Å². The van der Waals surface area contributed by atoms with E-state index in [1.165, 1.54) is 0 Å². The van der Waals surface area contributed by atoms with E-state index in [0.717, 1.165) is 12.0 Å². The van der Waals surface area contributed by atoms with Gasteiger partial charge in [-0.15, -0.1) is 0 Å². The molecule has 0 saturated heterocycles. The van der Waals surface area contributed by atoms with Gasteiger partial charge in [0.25, 0.3) is 5.91 Å². The maximum atomic E-state index is 12.4. The Morgan fingerprint density at radius 2 is 1.80 bits per heavy atom. The molecule has 0 atom stereocenters. The molecule has 0 heterocycles. The van der Waals surface area contributed by atoms with Crippen molar-refractivity contribution in [2.24, 2.45) is 0 Å². The van der Waals surface area contributed by atoms with Crippen LogP contribution in [0.5, 0.6) is 5.75 Å². The molecular formula is C21H23BrClN3O4. The predicted octanol–water partition coefficient (Wildman–Crippen LogP) is 4.38. The SMILES string of the molecule is CCCOc1ccc(Br)cc1C(=O)NNC(=O)CCC(=O)Nc1cccc(Cl)c1C. The highest BCUT2D eigenvalue weighted by atomic mass is 79.9. The molecule has 0 saturated carbocycles. The number of anilines is 1. The first-order valence-electron chi connectivity index (χ1n) is 9.38. The molecule has 160 valence electrons. The molecule has 0 aromatic heterocycles. The second-order valence-corrected chi connectivity index (χ2v) is 7.77. The van der Waals surface area contributed by atoms with Crippen LogP contribution in [0.25, 0.3) is 0 Å². The molecule has 7 nitrogen and oxygen atoms in total. The predicted molar refractivity (Wildman–Crippen MR) is 120 cm³/mol. The van der Waals surface area contributed by atoms with E-state index < -0.39 is 11.8 Å². The fourth-order valence-electron chi connectivity index (χ4n) is 2.46. The van der Waals surface area contributed by atoms with Gasteiger partial charge in [-0.3, -0.25) is 25.2 Å². The lowest BCUT2D eigenvalue weighted by molar-refractivity contribution is -0.124. The van der Waals surface area contributed by atoms with E-state index in [4.69, 9.17) is 16.3 Å². The Kier molecular flexibility index (Phi) is 9.14. The van der Waals surface area contributed by atoms with Crippen molar-refractivity contribution in [2.75, 3.05) is 11.9 Å². The van der Waals surface area contributed by atoms with Crippen LogP contribution in [0.1, 0.15) is 42.1 Å². The summed E-state index contributed by atoms with van der Waals surface area (Å²) >= 11 is 9.34. The maximum absolute atomic E-state index is 12.4. The number of hydrogen-bond donors (Lipinski definition) is 3. The minimum atomic E-state index is -0.519. The molecule has 3 N–H and O–H groups in total. The molecule has 0 radical (unpaired) electrons. The number of nitrogens with one attached hydrogen (secondary N) is 3. The normalized spacial score (nSPS) is 10.3. The van der Waals surface area contributed by atoms with Crippen molar-refractivity contribution in [3.63, 3.8) is 0 Å². The van der Waals surface area contributed by atoms with Gasteiger partial charge in [-0.1, -0.05) is 40.5 Å². The smallest absolute Gasteiger partial charge is 0.273 e. The molecule has 2 rings (SSSR count). The van der Waals surface area contributed by atoms with Gasteiger partial charge in [0, 0.05) is 28.0 Å². The number of amides is 3. The number of rotatable bonds is 8. The lowest BCUT2D eigenvalue weighted by Crippen LogP contribution is -2.42. The molecule has 0 bridgehead atoms. The first kappa shape index (κ1) is 23.7. The zero-order valence-corrected chi connectivity index (χ0v) is 19.0. The Hall–Kier alpha value is -2.58. The van der Waals surface area contributed by atoms with Crippen LogP contribution >= 0.6 is 27.5 Å². The Bertz CT molecular complexity index is 936. The number of ether oxygens (including phenoxy) is 1. The van der Waals surface area contributed by atoms with Crippen molar-refractivity contribution in [3.05, 3.63) is 57.0 Å². The molecule has 0 aliphatic rings. The Balaban J connectivity index is 1.84. The van der Waals surface area contributed by atoms with Crippen LogP contribution < -0.4 is 20.9 Å². The molecule has 3 amide bonds. The first-order chi connectivity index (χ1) is 14.3. The Labute approximate surface area is 188 Å². The summed E-state index contributed by atoms with van der Waals surface area (Å²) < 4.78 is 6.27. The summed E-state index contributed by atoms with van der Waals surface area (Å²) in [6.07, 6.45) is 0.656. The largest absolute Gasteiger partial charge is 0.493 e. The van der Waals surface area contributed by atoms with E-state index in [-0.39, 0.29) is 24.3 Å². The number of hydrazine groups is 1. The molecule has 30 heavy (non-hydrogen) atoms. The van der Waals surface area contributed by atoms with E-state index in [0.29, 0.717) is 27.5 Å². The highest BCUT2D eigenvalue weighted by Crippen LogP contribution is 2.24. The van der Waals surface area contributed by atoms with Gasteiger partial charge >= 0.3 is 0 Å². The van der Waals surface area contributed by atoms with Crippen LogP contribution in [-0.2, 0) is 9.59 Å². The first-order valence-corrected chi connectivity index (χ1v) is 10.6. The summed E-state index contributed by atoms with van der Waals surface area (Å²) in [5, 5.41) is 3.26. The lowest BCUT2D eigenvalue weighted by Gasteiger charge is -2.12. The van der Waals surface area contributed by atoms with Crippen molar-refractivity contribution in [2.45, 2.75) is 33.1 Å². The quantitative estimate of drug-likeness (QED) is 0.473. The molecule has 2 aromatic rings. The van der Waals surface area contributed by atoms with Gasteiger partial charge in [0.1, 0.15) is 5.75 Å². The summed E-state index contributed by atoms with van der Waals surface area (Å²) in [6, 6.07) is 10.2. The number of hydrogen-bond acceptors (Lipinski definition) is 4. The highest BCUT2D eigenvalue weighted by molar-refractivity contribution is 9.10. The van der Waals surface area contributed by atoms with Crippen molar-refractivity contribution in [1.82, 2.24) is 10.9 Å². The second kappa shape index (κ2) is 11.6. The summed E-state index contributed by atoms with van der Waals surface area (Å²) in [7, 11) is 0. The van der Waals surface area contributed by atoms with Crippen LogP contribution in [0.15, 0.2) is 40.9 Å². The third-order valence-corrected chi connectivity index (χ3v) is 4.99. The number of halogens is 2. The van der Waals surface area contributed by atoms with Gasteiger partial charge in [-0.05, 0) is 49.2 Å². The second-order valence-electron chi connectivity index (χ2n) is 6.45. The highest BCUT2D eigenvalue weighted by Gasteiger charge is 2.15. The van der Waals surface area contributed by atoms with Crippen LogP contribution in [0.4, 0.5) is 5.69 Å². The van der Waals surface area contributed by atoms with Crippen LogP contribution in [0.3, 0.4) is 0 Å². The fourth-order valence-corrected chi connectivity index (χ4v) is 2.99. The van der Waals surface area contributed by atoms with E-state index >= 15 is 0 Å². The van der Waals surface area contributed by atoms with Crippen LogP contribution in [0, 0.1) is 6.92 Å². The number of carbonyl (C=O) groups excluding carboxylic acids is 3. The molecule has 0 aliphatic heterocycles. The van der Waals surface area contributed by atoms with Crippen LogP contribution in [-0.4, -0.2) is 24.3 Å². The minimum absolute atomic E-state index is 0.0462.